The van der Waals surface area contributed by atoms with Crippen LogP contribution in [0, 0.1) is 10.1 Å². The van der Waals surface area contributed by atoms with E-state index >= 15 is 0 Å². The Labute approximate surface area is 103 Å². The average Bonchev–Trinajstić information content (AvgIpc) is 2.87. The summed E-state index contributed by atoms with van der Waals surface area (Å²) in [7, 11) is 0. The summed E-state index contributed by atoms with van der Waals surface area (Å²) >= 11 is 0. The normalized spacial score (nSPS) is 12.3. The smallest absolute Gasteiger partial charge is 0.269 e. The first-order valence-electron chi connectivity index (χ1n) is 5.46. The van der Waals surface area contributed by atoms with E-state index in [2.05, 4.69) is 10.1 Å². The topological polar surface area (TPSA) is 108 Å². The van der Waals surface area contributed by atoms with Crippen molar-refractivity contribution in [1.82, 2.24) is 10.1 Å². The Morgan fingerprint density at radius 1 is 1.44 bits per heavy atom. The second-order valence-electron chi connectivity index (χ2n) is 3.77. The predicted octanol–water partition coefficient (Wildman–Crippen LogP) is 2.05. The molecular formula is C11H12N4O3. The quantitative estimate of drug-likeness (QED) is 0.655. The first kappa shape index (κ1) is 12.2. The number of hydrogen-bond donors (Lipinski definition) is 1. The molecule has 0 aliphatic rings. The predicted molar refractivity (Wildman–Crippen MR) is 63.6 cm³/mol. The van der Waals surface area contributed by atoms with Crippen molar-refractivity contribution < 1.29 is 9.45 Å². The molecule has 0 spiro atoms. The highest BCUT2D eigenvalue weighted by Gasteiger charge is 2.14. The van der Waals surface area contributed by atoms with Crippen molar-refractivity contribution in [2.45, 2.75) is 19.4 Å². The van der Waals surface area contributed by atoms with Crippen LogP contribution in [0.25, 0.3) is 11.4 Å². The highest BCUT2D eigenvalue weighted by molar-refractivity contribution is 5.56. The molecule has 0 amide bonds. The zero-order chi connectivity index (χ0) is 13.1. The number of nitrogens with zero attached hydrogens (tertiary/aromatic N) is 3. The van der Waals surface area contributed by atoms with E-state index in [9.17, 15) is 10.1 Å². The number of nitro benzene ring substituents is 1. The molecule has 0 fully saturated rings. The van der Waals surface area contributed by atoms with Gasteiger partial charge in [0, 0.05) is 17.7 Å². The number of nitro groups is 1. The standard InChI is InChI=1S/C11H12N4O3/c1-2-9(12)11-13-10(14-18-11)7-3-5-8(6-4-7)15(16)17/h3-6,9H,2,12H2,1H3/t9-/m0/s1. The van der Waals surface area contributed by atoms with Crippen molar-refractivity contribution in [2.24, 2.45) is 5.73 Å². The minimum absolute atomic E-state index is 0.0210. The number of nitrogens with two attached hydrogens (primary N) is 1. The highest BCUT2D eigenvalue weighted by atomic mass is 16.6. The molecule has 2 rings (SSSR count). The number of rotatable bonds is 4. The third-order valence-electron chi connectivity index (χ3n) is 2.54. The van der Waals surface area contributed by atoms with Gasteiger partial charge < -0.3 is 10.3 Å². The monoisotopic (exact) mass is 248 g/mol. The van der Waals surface area contributed by atoms with Gasteiger partial charge in [0.25, 0.3) is 5.69 Å². The van der Waals surface area contributed by atoms with Gasteiger partial charge in [-0.15, -0.1) is 0 Å². The van der Waals surface area contributed by atoms with Crippen molar-refractivity contribution in [1.29, 1.82) is 0 Å². The van der Waals surface area contributed by atoms with Crippen molar-refractivity contribution in [3.63, 3.8) is 0 Å². The van der Waals surface area contributed by atoms with E-state index in [0.717, 1.165) is 0 Å². The summed E-state index contributed by atoms with van der Waals surface area (Å²) in [4.78, 5) is 14.2. The lowest BCUT2D eigenvalue weighted by molar-refractivity contribution is -0.384. The highest BCUT2D eigenvalue weighted by Crippen LogP contribution is 2.21. The summed E-state index contributed by atoms with van der Waals surface area (Å²) in [5.74, 6) is 0.745. The van der Waals surface area contributed by atoms with Gasteiger partial charge in [-0.1, -0.05) is 12.1 Å². The second kappa shape index (κ2) is 4.92. The molecule has 18 heavy (non-hydrogen) atoms. The Hall–Kier alpha value is -2.28. The molecule has 0 bridgehead atoms. The van der Waals surface area contributed by atoms with Crippen LogP contribution in [0.3, 0.4) is 0 Å². The molecule has 7 heteroatoms. The van der Waals surface area contributed by atoms with Gasteiger partial charge in [0.15, 0.2) is 0 Å². The fraction of sp³-hybridized carbons (Fsp3) is 0.273. The Kier molecular flexibility index (Phi) is 3.33. The SMILES string of the molecule is CC[C@H](N)c1nc(-c2ccc([N+](=O)[O-])cc2)no1. The maximum atomic E-state index is 10.5. The summed E-state index contributed by atoms with van der Waals surface area (Å²) in [6.45, 7) is 1.92. The summed E-state index contributed by atoms with van der Waals surface area (Å²) in [6.07, 6.45) is 0.696. The molecule has 0 unspecified atom stereocenters. The van der Waals surface area contributed by atoms with E-state index in [1.165, 1.54) is 12.1 Å². The fourth-order valence-corrected chi connectivity index (χ4v) is 1.41. The minimum Gasteiger partial charge on any atom is -0.337 e. The van der Waals surface area contributed by atoms with Crippen LogP contribution in [0.1, 0.15) is 25.3 Å². The maximum absolute atomic E-state index is 10.5. The third-order valence-corrected chi connectivity index (χ3v) is 2.54. The second-order valence-corrected chi connectivity index (χ2v) is 3.77. The molecule has 0 aliphatic carbocycles. The van der Waals surface area contributed by atoms with Gasteiger partial charge in [-0.3, -0.25) is 10.1 Å². The van der Waals surface area contributed by atoms with Gasteiger partial charge in [0.1, 0.15) is 0 Å². The Bertz CT molecular complexity index is 550. The van der Waals surface area contributed by atoms with Crippen LogP contribution < -0.4 is 5.73 Å². The summed E-state index contributed by atoms with van der Waals surface area (Å²) in [6, 6.07) is 5.65. The summed E-state index contributed by atoms with van der Waals surface area (Å²) in [5.41, 5.74) is 6.44. The van der Waals surface area contributed by atoms with Crippen molar-refractivity contribution in [2.75, 3.05) is 0 Å². The van der Waals surface area contributed by atoms with Crippen molar-refractivity contribution in [3.05, 3.63) is 40.3 Å². The van der Waals surface area contributed by atoms with Crippen LogP contribution in [0.5, 0.6) is 0 Å². The molecule has 2 aromatic rings. The first-order chi connectivity index (χ1) is 8.61. The Morgan fingerprint density at radius 3 is 2.67 bits per heavy atom. The molecule has 1 aromatic carbocycles. The van der Waals surface area contributed by atoms with Crippen molar-refractivity contribution >= 4 is 5.69 Å². The molecule has 1 aromatic heterocycles. The lowest BCUT2D eigenvalue weighted by atomic mass is 10.2. The van der Waals surface area contributed by atoms with E-state index in [0.29, 0.717) is 23.7 Å². The molecule has 0 saturated heterocycles. The van der Waals surface area contributed by atoms with Gasteiger partial charge in [-0.2, -0.15) is 4.98 Å². The van der Waals surface area contributed by atoms with Crippen LogP contribution in [-0.2, 0) is 0 Å². The zero-order valence-corrected chi connectivity index (χ0v) is 9.74. The van der Waals surface area contributed by atoms with Crippen LogP contribution in [-0.4, -0.2) is 15.1 Å². The van der Waals surface area contributed by atoms with Gasteiger partial charge in [-0.25, -0.2) is 0 Å². The first-order valence-corrected chi connectivity index (χ1v) is 5.46. The van der Waals surface area contributed by atoms with Crippen LogP contribution in [0.15, 0.2) is 28.8 Å². The van der Waals surface area contributed by atoms with E-state index in [1.807, 2.05) is 6.92 Å². The summed E-state index contributed by atoms with van der Waals surface area (Å²) in [5, 5.41) is 14.3. The lowest BCUT2D eigenvalue weighted by Gasteiger charge is -1.99. The maximum Gasteiger partial charge on any atom is 0.269 e. The van der Waals surface area contributed by atoms with Gasteiger partial charge >= 0.3 is 0 Å². The molecule has 1 atom stereocenters. The molecule has 0 radical (unpaired) electrons. The molecule has 7 nitrogen and oxygen atoms in total. The van der Waals surface area contributed by atoms with E-state index in [-0.39, 0.29) is 11.7 Å². The molecule has 94 valence electrons. The number of hydrogen-bond acceptors (Lipinski definition) is 6. The summed E-state index contributed by atoms with van der Waals surface area (Å²) < 4.78 is 5.03. The van der Waals surface area contributed by atoms with Crippen LogP contribution >= 0.6 is 0 Å². The fourth-order valence-electron chi connectivity index (χ4n) is 1.41. The minimum atomic E-state index is -0.460. The van der Waals surface area contributed by atoms with Gasteiger partial charge in [0.05, 0.1) is 11.0 Å². The lowest BCUT2D eigenvalue weighted by Crippen LogP contribution is -2.08. The van der Waals surface area contributed by atoms with Crippen LogP contribution in [0.2, 0.25) is 0 Å². The van der Waals surface area contributed by atoms with E-state index in [1.54, 1.807) is 12.1 Å². The number of non-ortho nitro benzene ring substituents is 1. The number of benzene rings is 1. The van der Waals surface area contributed by atoms with Crippen molar-refractivity contribution in [3.8, 4) is 11.4 Å². The third kappa shape index (κ3) is 2.35. The molecule has 0 aliphatic heterocycles. The molecular weight excluding hydrogens is 236 g/mol. The Morgan fingerprint density at radius 2 is 2.11 bits per heavy atom. The molecule has 1 heterocycles. The van der Waals surface area contributed by atoms with Gasteiger partial charge in [-0.05, 0) is 18.6 Å². The molecule has 2 N–H and O–H groups in total. The van der Waals surface area contributed by atoms with E-state index < -0.39 is 4.92 Å². The zero-order valence-electron chi connectivity index (χ0n) is 9.74. The average molecular weight is 248 g/mol. The van der Waals surface area contributed by atoms with Crippen LogP contribution in [0.4, 0.5) is 5.69 Å². The largest absolute Gasteiger partial charge is 0.337 e. The van der Waals surface area contributed by atoms with E-state index in [4.69, 9.17) is 10.3 Å². The number of aromatic nitrogens is 2. The van der Waals surface area contributed by atoms with Gasteiger partial charge in [0.2, 0.25) is 11.7 Å². The Balaban J connectivity index is 2.26. The molecule has 0 saturated carbocycles.